The fraction of sp³-hybridized carbons (Fsp3) is 0. The molecule has 1 aromatic carbocycles. The van der Waals surface area contributed by atoms with Gasteiger partial charge >= 0.3 is 0 Å². The molecule has 0 saturated heterocycles. The lowest BCUT2D eigenvalue weighted by molar-refractivity contribution is -0.384. The quantitative estimate of drug-likeness (QED) is 0.366. The summed E-state index contributed by atoms with van der Waals surface area (Å²) >= 11 is 5.52. The van der Waals surface area contributed by atoms with Crippen LogP contribution in [-0.2, 0) is 9.05 Å². The third-order valence-electron chi connectivity index (χ3n) is 1.66. The highest BCUT2D eigenvalue weighted by atomic mass is 35.7. The molecule has 0 spiro atoms. The average molecular weight is 284 g/mol. The molecule has 0 aliphatic rings. The molecule has 86 valence electrons. The van der Waals surface area contributed by atoms with Gasteiger partial charge in [0.25, 0.3) is 14.7 Å². The van der Waals surface area contributed by atoms with Gasteiger partial charge in [-0.2, -0.15) is 0 Å². The Bertz CT molecular complexity index is 568. The number of hydrogen-bond donors (Lipinski definition) is 0. The number of nitro groups is 1. The van der Waals surface area contributed by atoms with Crippen molar-refractivity contribution in [3.63, 3.8) is 0 Å². The zero-order chi connectivity index (χ0) is 12.5. The predicted molar refractivity (Wildman–Crippen MR) is 56.5 cm³/mol. The Balaban J connectivity index is 3.66. The maximum atomic E-state index is 11.0. The van der Waals surface area contributed by atoms with E-state index >= 15 is 0 Å². The molecule has 0 amide bonds. The summed E-state index contributed by atoms with van der Waals surface area (Å²) in [5.74, 6) is 0. The standard InChI is InChI=1S/C7H3Cl2NO5S/c8-7-4(3-11)1-5(16(9,14)15)2-6(7)10(12)13/h1-3H. The molecule has 0 bridgehead atoms. The van der Waals surface area contributed by atoms with E-state index in [-0.39, 0.29) is 11.8 Å². The lowest BCUT2D eigenvalue weighted by Crippen LogP contribution is -1.98. The summed E-state index contributed by atoms with van der Waals surface area (Å²) in [4.78, 5) is 19.6. The smallest absolute Gasteiger partial charge is 0.289 e. The van der Waals surface area contributed by atoms with Gasteiger partial charge in [0.1, 0.15) is 5.02 Å². The molecule has 1 aromatic rings. The number of hydrogen-bond acceptors (Lipinski definition) is 5. The van der Waals surface area contributed by atoms with E-state index in [9.17, 15) is 23.3 Å². The maximum absolute atomic E-state index is 11.0. The summed E-state index contributed by atoms with van der Waals surface area (Å²) in [5, 5.41) is 10.1. The predicted octanol–water partition coefficient (Wildman–Crippen LogP) is 1.99. The molecule has 0 aliphatic carbocycles. The summed E-state index contributed by atoms with van der Waals surface area (Å²) in [5.41, 5.74) is -0.999. The molecule has 0 radical (unpaired) electrons. The molecule has 0 N–H and O–H groups in total. The largest absolute Gasteiger partial charge is 0.298 e. The first kappa shape index (κ1) is 12.9. The van der Waals surface area contributed by atoms with Crippen LogP contribution in [0.15, 0.2) is 17.0 Å². The van der Waals surface area contributed by atoms with E-state index in [0.717, 1.165) is 6.07 Å². The molecule has 0 fully saturated rings. The van der Waals surface area contributed by atoms with Crippen LogP contribution in [0.3, 0.4) is 0 Å². The van der Waals surface area contributed by atoms with Crippen molar-refractivity contribution in [3.8, 4) is 0 Å². The van der Waals surface area contributed by atoms with Crippen molar-refractivity contribution in [2.24, 2.45) is 0 Å². The van der Waals surface area contributed by atoms with Gasteiger partial charge in [0.05, 0.1) is 9.82 Å². The van der Waals surface area contributed by atoms with Crippen molar-refractivity contribution in [1.82, 2.24) is 0 Å². The summed E-state index contributed by atoms with van der Waals surface area (Å²) in [6.07, 6.45) is 0.209. The topological polar surface area (TPSA) is 94.3 Å². The summed E-state index contributed by atoms with van der Waals surface area (Å²) in [6.45, 7) is 0. The van der Waals surface area contributed by atoms with Gasteiger partial charge in [-0.05, 0) is 6.07 Å². The van der Waals surface area contributed by atoms with Crippen molar-refractivity contribution < 1.29 is 18.1 Å². The van der Waals surface area contributed by atoms with Gasteiger partial charge in [0.15, 0.2) is 6.29 Å². The van der Waals surface area contributed by atoms with Crippen LogP contribution in [0.2, 0.25) is 5.02 Å². The monoisotopic (exact) mass is 283 g/mol. The third-order valence-corrected chi connectivity index (χ3v) is 3.41. The van der Waals surface area contributed by atoms with Crippen molar-refractivity contribution >= 4 is 43.3 Å². The van der Waals surface area contributed by atoms with E-state index < -0.39 is 29.6 Å². The van der Waals surface area contributed by atoms with Crippen molar-refractivity contribution in [1.29, 1.82) is 0 Å². The molecular formula is C7H3Cl2NO5S. The normalized spacial score (nSPS) is 11.1. The van der Waals surface area contributed by atoms with Crippen molar-refractivity contribution in [2.45, 2.75) is 4.90 Å². The number of benzene rings is 1. The third kappa shape index (κ3) is 2.49. The van der Waals surface area contributed by atoms with E-state index in [0.29, 0.717) is 6.07 Å². The van der Waals surface area contributed by atoms with Crippen molar-refractivity contribution in [3.05, 3.63) is 32.8 Å². The van der Waals surface area contributed by atoms with E-state index in [1.807, 2.05) is 0 Å². The lowest BCUT2D eigenvalue weighted by Gasteiger charge is -2.01. The van der Waals surface area contributed by atoms with Crippen LogP contribution in [0.4, 0.5) is 5.69 Å². The molecule has 0 aromatic heterocycles. The first-order valence-electron chi connectivity index (χ1n) is 3.65. The lowest BCUT2D eigenvalue weighted by atomic mass is 10.2. The molecule has 0 saturated carbocycles. The van der Waals surface area contributed by atoms with Crippen molar-refractivity contribution in [2.75, 3.05) is 0 Å². The summed E-state index contributed by atoms with van der Waals surface area (Å²) in [7, 11) is 0.849. The highest BCUT2D eigenvalue weighted by molar-refractivity contribution is 8.13. The van der Waals surface area contributed by atoms with E-state index in [2.05, 4.69) is 0 Å². The van der Waals surface area contributed by atoms with Crippen LogP contribution in [0.1, 0.15) is 10.4 Å². The van der Waals surface area contributed by atoms with E-state index in [4.69, 9.17) is 22.3 Å². The Morgan fingerprint density at radius 1 is 1.38 bits per heavy atom. The Labute approximate surface area is 99.3 Å². The van der Waals surface area contributed by atoms with Crippen LogP contribution in [-0.4, -0.2) is 19.6 Å². The number of aldehydes is 1. The van der Waals surface area contributed by atoms with Gasteiger partial charge in [-0.1, -0.05) is 11.6 Å². The van der Waals surface area contributed by atoms with Gasteiger partial charge < -0.3 is 0 Å². The minimum atomic E-state index is -4.16. The molecule has 0 unspecified atom stereocenters. The Morgan fingerprint density at radius 2 is 1.94 bits per heavy atom. The molecule has 0 atom stereocenters. The summed E-state index contributed by atoms with van der Waals surface area (Å²) < 4.78 is 21.9. The first-order valence-corrected chi connectivity index (χ1v) is 6.34. The number of rotatable bonds is 3. The second-order valence-electron chi connectivity index (χ2n) is 2.66. The number of carbonyl (C=O) groups excluding carboxylic acids is 1. The molecule has 9 heteroatoms. The second-order valence-corrected chi connectivity index (χ2v) is 5.60. The van der Waals surface area contributed by atoms with Crippen LogP contribution in [0.5, 0.6) is 0 Å². The number of halogens is 2. The number of nitro benzene ring substituents is 1. The fourth-order valence-electron chi connectivity index (χ4n) is 0.964. The first-order chi connectivity index (χ1) is 7.27. The molecule has 16 heavy (non-hydrogen) atoms. The van der Waals surface area contributed by atoms with Gasteiger partial charge in [0.2, 0.25) is 0 Å². The molecule has 0 aliphatic heterocycles. The van der Waals surface area contributed by atoms with Gasteiger partial charge in [0, 0.05) is 22.3 Å². The Hall–Kier alpha value is -1.18. The SMILES string of the molecule is O=Cc1cc(S(=O)(=O)Cl)cc([N+](=O)[O-])c1Cl. The second kappa shape index (κ2) is 4.36. The average Bonchev–Trinajstić information content (AvgIpc) is 2.15. The minimum absolute atomic E-state index is 0.209. The molecule has 1 rings (SSSR count). The zero-order valence-corrected chi connectivity index (χ0v) is 9.71. The highest BCUT2D eigenvalue weighted by Crippen LogP contribution is 2.31. The number of carbonyl (C=O) groups is 1. The van der Waals surface area contributed by atoms with Crippen LogP contribution in [0, 0.1) is 10.1 Å². The highest BCUT2D eigenvalue weighted by Gasteiger charge is 2.22. The Morgan fingerprint density at radius 3 is 2.31 bits per heavy atom. The number of nitrogens with zero attached hydrogens (tertiary/aromatic N) is 1. The zero-order valence-electron chi connectivity index (χ0n) is 7.38. The molecule has 6 nitrogen and oxygen atoms in total. The van der Waals surface area contributed by atoms with Crippen LogP contribution >= 0.6 is 22.3 Å². The fourth-order valence-corrected chi connectivity index (χ4v) is 1.97. The minimum Gasteiger partial charge on any atom is -0.298 e. The molecular weight excluding hydrogens is 281 g/mol. The van der Waals surface area contributed by atoms with E-state index in [1.54, 1.807) is 0 Å². The van der Waals surface area contributed by atoms with Crippen LogP contribution < -0.4 is 0 Å². The molecule has 0 heterocycles. The maximum Gasteiger partial charge on any atom is 0.289 e. The summed E-state index contributed by atoms with van der Waals surface area (Å²) in [6, 6.07) is 1.56. The van der Waals surface area contributed by atoms with Crippen LogP contribution in [0.25, 0.3) is 0 Å². The van der Waals surface area contributed by atoms with Gasteiger partial charge in [-0.25, -0.2) is 8.42 Å². The van der Waals surface area contributed by atoms with Gasteiger partial charge in [-0.3, -0.25) is 14.9 Å². The van der Waals surface area contributed by atoms with Gasteiger partial charge in [-0.15, -0.1) is 0 Å². The van der Waals surface area contributed by atoms with E-state index in [1.165, 1.54) is 0 Å². The Kier molecular flexibility index (Phi) is 3.51.